The minimum atomic E-state index is 0.236. The van der Waals surface area contributed by atoms with Crippen molar-refractivity contribution in [2.75, 3.05) is 19.6 Å². The normalized spacial score (nSPS) is 21.4. The summed E-state index contributed by atoms with van der Waals surface area (Å²) in [5.74, 6) is 1.04. The summed E-state index contributed by atoms with van der Waals surface area (Å²) < 4.78 is 0. The summed E-state index contributed by atoms with van der Waals surface area (Å²) >= 11 is 0. The smallest absolute Gasteiger partial charge is 0.220 e. The van der Waals surface area contributed by atoms with Gasteiger partial charge in [-0.3, -0.25) is 4.79 Å². The van der Waals surface area contributed by atoms with Gasteiger partial charge in [0.2, 0.25) is 5.91 Å². The maximum absolute atomic E-state index is 11.8. The number of carbonyl (C=O) groups excluding carboxylic acids is 1. The molecule has 2 aliphatic rings. The molecule has 0 radical (unpaired) electrons. The Hall–Kier alpha value is -0.830. The summed E-state index contributed by atoms with van der Waals surface area (Å²) in [5.41, 5.74) is 1.37. The van der Waals surface area contributed by atoms with Gasteiger partial charge in [-0.15, -0.1) is 0 Å². The number of hydrogen-bond donors (Lipinski definition) is 2. The minimum Gasteiger partial charge on any atom is -0.352 e. The van der Waals surface area contributed by atoms with E-state index in [2.05, 4.69) is 16.7 Å². The number of nitrogens with one attached hydrogen (secondary N) is 2. The number of rotatable bonds is 5. The van der Waals surface area contributed by atoms with Crippen LogP contribution in [0, 0.1) is 5.92 Å². The van der Waals surface area contributed by atoms with Crippen LogP contribution in [0.4, 0.5) is 0 Å². The van der Waals surface area contributed by atoms with Crippen LogP contribution in [0.25, 0.3) is 0 Å². The minimum absolute atomic E-state index is 0.236. The topological polar surface area (TPSA) is 41.1 Å². The van der Waals surface area contributed by atoms with Gasteiger partial charge in [-0.25, -0.2) is 0 Å². The molecule has 1 aliphatic heterocycles. The summed E-state index contributed by atoms with van der Waals surface area (Å²) in [6.07, 6.45) is 11.9. The molecule has 0 bridgehead atoms. The zero-order valence-corrected chi connectivity index (χ0v) is 11.3. The molecule has 1 aliphatic carbocycles. The molecule has 3 heteroatoms. The maximum Gasteiger partial charge on any atom is 0.220 e. The van der Waals surface area contributed by atoms with Crippen molar-refractivity contribution < 1.29 is 4.79 Å². The van der Waals surface area contributed by atoms with Gasteiger partial charge in [-0.1, -0.05) is 43.8 Å². The zero-order valence-electron chi connectivity index (χ0n) is 11.3. The fraction of sp³-hybridized carbons (Fsp3) is 0.800. The number of carbonyl (C=O) groups is 1. The molecule has 0 unspecified atom stereocenters. The van der Waals surface area contributed by atoms with Gasteiger partial charge < -0.3 is 10.6 Å². The van der Waals surface area contributed by atoms with Crippen LogP contribution in [0.3, 0.4) is 0 Å². The molecule has 18 heavy (non-hydrogen) atoms. The van der Waals surface area contributed by atoms with E-state index in [0.717, 1.165) is 44.8 Å². The molecule has 1 fully saturated rings. The Kier molecular flexibility index (Phi) is 5.72. The monoisotopic (exact) mass is 250 g/mol. The van der Waals surface area contributed by atoms with Gasteiger partial charge in [0.05, 0.1) is 0 Å². The van der Waals surface area contributed by atoms with E-state index in [1.807, 2.05) is 0 Å². The lowest BCUT2D eigenvalue weighted by Crippen LogP contribution is -2.29. The Labute approximate surface area is 110 Å². The molecule has 0 atom stereocenters. The molecule has 1 heterocycles. The molecular weight excluding hydrogens is 224 g/mol. The van der Waals surface area contributed by atoms with Gasteiger partial charge in [-0.2, -0.15) is 0 Å². The van der Waals surface area contributed by atoms with Crippen molar-refractivity contribution in [1.82, 2.24) is 10.6 Å². The first-order chi connectivity index (χ1) is 8.84. The van der Waals surface area contributed by atoms with Crippen LogP contribution in [0.5, 0.6) is 0 Å². The highest BCUT2D eigenvalue weighted by Gasteiger charge is 2.14. The number of amides is 1. The molecule has 0 aromatic rings. The standard InChI is InChI=1S/C15H26N2O/c18-15(7-6-13-4-2-1-3-5-13)17-12-14-8-10-16-11-9-14/h8,13,16H,1-7,9-12H2,(H,17,18). The molecule has 2 rings (SSSR count). The third-order valence-electron chi connectivity index (χ3n) is 4.17. The third kappa shape index (κ3) is 4.81. The molecule has 3 nitrogen and oxygen atoms in total. The summed E-state index contributed by atoms with van der Waals surface area (Å²) in [6, 6.07) is 0. The summed E-state index contributed by atoms with van der Waals surface area (Å²) in [7, 11) is 0. The lowest BCUT2D eigenvalue weighted by atomic mass is 9.86. The van der Waals surface area contributed by atoms with Gasteiger partial charge in [0, 0.05) is 19.5 Å². The van der Waals surface area contributed by atoms with Crippen molar-refractivity contribution in [1.29, 1.82) is 0 Å². The van der Waals surface area contributed by atoms with Crippen molar-refractivity contribution in [3.63, 3.8) is 0 Å². The third-order valence-corrected chi connectivity index (χ3v) is 4.17. The zero-order chi connectivity index (χ0) is 12.6. The van der Waals surface area contributed by atoms with E-state index in [-0.39, 0.29) is 5.91 Å². The van der Waals surface area contributed by atoms with Crippen molar-refractivity contribution in [2.45, 2.75) is 51.4 Å². The lowest BCUT2D eigenvalue weighted by Gasteiger charge is -2.21. The molecule has 1 amide bonds. The van der Waals surface area contributed by atoms with E-state index in [1.165, 1.54) is 37.7 Å². The Bertz CT molecular complexity index is 293. The Morgan fingerprint density at radius 3 is 2.89 bits per heavy atom. The van der Waals surface area contributed by atoms with E-state index in [9.17, 15) is 4.79 Å². The molecule has 1 saturated carbocycles. The first-order valence-electron chi connectivity index (χ1n) is 7.50. The SMILES string of the molecule is O=C(CCC1CCCCC1)NCC1=CCNCC1. The predicted octanol–water partition coefficient (Wildman–Crippen LogP) is 2.38. The molecular formula is C15H26N2O. The quantitative estimate of drug-likeness (QED) is 0.736. The highest BCUT2D eigenvalue weighted by molar-refractivity contribution is 5.76. The molecule has 102 valence electrons. The largest absolute Gasteiger partial charge is 0.352 e. The molecule has 0 aromatic carbocycles. The van der Waals surface area contributed by atoms with Crippen molar-refractivity contribution in [3.8, 4) is 0 Å². The summed E-state index contributed by atoms with van der Waals surface area (Å²) in [5, 5.41) is 6.34. The maximum atomic E-state index is 11.8. The highest BCUT2D eigenvalue weighted by atomic mass is 16.1. The van der Waals surface area contributed by atoms with Gasteiger partial charge in [0.15, 0.2) is 0 Å². The Morgan fingerprint density at radius 1 is 1.33 bits per heavy atom. The molecule has 2 N–H and O–H groups in total. The molecule has 0 aromatic heterocycles. The fourth-order valence-corrected chi connectivity index (χ4v) is 2.94. The average molecular weight is 250 g/mol. The van der Waals surface area contributed by atoms with Crippen LogP contribution in [0.2, 0.25) is 0 Å². The summed E-state index contributed by atoms with van der Waals surface area (Å²) in [4.78, 5) is 11.8. The van der Waals surface area contributed by atoms with Gasteiger partial charge >= 0.3 is 0 Å². The van der Waals surface area contributed by atoms with Crippen molar-refractivity contribution in [2.24, 2.45) is 5.92 Å². The van der Waals surface area contributed by atoms with E-state index in [0.29, 0.717) is 0 Å². The molecule has 0 spiro atoms. The van der Waals surface area contributed by atoms with Crippen molar-refractivity contribution >= 4 is 5.91 Å². The van der Waals surface area contributed by atoms with Crippen LogP contribution < -0.4 is 10.6 Å². The van der Waals surface area contributed by atoms with Crippen LogP contribution in [0.15, 0.2) is 11.6 Å². The van der Waals surface area contributed by atoms with Crippen LogP contribution in [-0.2, 0) is 4.79 Å². The van der Waals surface area contributed by atoms with E-state index in [4.69, 9.17) is 0 Å². The average Bonchev–Trinajstić information content (AvgIpc) is 2.45. The second kappa shape index (κ2) is 7.57. The van der Waals surface area contributed by atoms with Gasteiger partial charge in [0.25, 0.3) is 0 Å². The van der Waals surface area contributed by atoms with Crippen LogP contribution >= 0.6 is 0 Å². The van der Waals surface area contributed by atoms with E-state index in [1.54, 1.807) is 0 Å². The van der Waals surface area contributed by atoms with Gasteiger partial charge in [0.1, 0.15) is 0 Å². The Morgan fingerprint density at radius 2 is 2.17 bits per heavy atom. The predicted molar refractivity (Wildman–Crippen MR) is 74.4 cm³/mol. The summed E-state index contributed by atoms with van der Waals surface area (Å²) in [6.45, 7) is 2.75. The van der Waals surface area contributed by atoms with Gasteiger partial charge in [-0.05, 0) is 25.3 Å². The highest BCUT2D eigenvalue weighted by Crippen LogP contribution is 2.27. The first kappa shape index (κ1) is 13.6. The second-order valence-corrected chi connectivity index (χ2v) is 5.64. The van der Waals surface area contributed by atoms with Crippen LogP contribution in [0.1, 0.15) is 51.4 Å². The Balaban J connectivity index is 1.58. The lowest BCUT2D eigenvalue weighted by molar-refractivity contribution is -0.121. The van der Waals surface area contributed by atoms with E-state index < -0.39 is 0 Å². The van der Waals surface area contributed by atoms with Crippen LogP contribution in [-0.4, -0.2) is 25.5 Å². The van der Waals surface area contributed by atoms with E-state index >= 15 is 0 Å². The second-order valence-electron chi connectivity index (χ2n) is 5.64. The van der Waals surface area contributed by atoms with Crippen molar-refractivity contribution in [3.05, 3.63) is 11.6 Å². The molecule has 0 saturated heterocycles. The fourth-order valence-electron chi connectivity index (χ4n) is 2.94. The number of hydrogen-bond acceptors (Lipinski definition) is 2. The first-order valence-corrected chi connectivity index (χ1v) is 7.50.